The number of nitrogens with two attached hydrogens (primary N) is 1. The Bertz CT molecular complexity index is 983. The minimum Gasteiger partial charge on any atom is -0.497 e. The topological polar surface area (TPSA) is 96.2 Å². The molecular weight excluding hydrogens is 344 g/mol. The Balaban J connectivity index is 1.83. The highest BCUT2D eigenvalue weighted by atomic mass is 16.5. The van der Waals surface area contributed by atoms with Crippen molar-refractivity contribution in [1.82, 2.24) is 14.8 Å². The molecule has 1 aromatic carbocycles. The summed E-state index contributed by atoms with van der Waals surface area (Å²) in [5, 5.41) is 5.63. The number of nitrogens with zero attached hydrogens (tertiary/aromatic N) is 3. The van der Waals surface area contributed by atoms with Gasteiger partial charge in [-0.1, -0.05) is 19.3 Å². The van der Waals surface area contributed by atoms with Crippen molar-refractivity contribution in [2.24, 2.45) is 5.73 Å². The number of rotatable bonds is 5. The molecule has 0 atom stereocenters. The maximum Gasteiger partial charge on any atom is 0.225 e. The number of amides is 1. The summed E-state index contributed by atoms with van der Waals surface area (Å²) in [7, 11) is 1.63. The third-order valence-corrected chi connectivity index (χ3v) is 5.28. The third-order valence-electron chi connectivity index (χ3n) is 5.28. The van der Waals surface area contributed by atoms with Gasteiger partial charge in [-0.25, -0.2) is 9.67 Å². The maximum absolute atomic E-state index is 11.4. The van der Waals surface area contributed by atoms with Crippen molar-refractivity contribution < 1.29 is 13.9 Å². The number of aromatic nitrogens is 3. The molecule has 2 aromatic heterocycles. The Kier molecular flexibility index (Phi) is 4.59. The number of carbonyl (C=O) groups excluding carboxylic acids is 1. The summed E-state index contributed by atoms with van der Waals surface area (Å²) in [6.07, 6.45) is 5.73. The summed E-state index contributed by atoms with van der Waals surface area (Å²) in [4.78, 5) is 16.0. The molecule has 0 spiro atoms. The van der Waals surface area contributed by atoms with Gasteiger partial charge in [0, 0.05) is 17.0 Å². The van der Waals surface area contributed by atoms with Gasteiger partial charge < -0.3 is 14.9 Å². The molecule has 4 rings (SSSR count). The van der Waals surface area contributed by atoms with Crippen LogP contribution < -0.4 is 10.5 Å². The number of ether oxygens (including phenoxy) is 1. The molecule has 1 aliphatic carbocycles. The minimum atomic E-state index is -0.437. The van der Waals surface area contributed by atoms with E-state index in [1.807, 2.05) is 29.8 Å². The van der Waals surface area contributed by atoms with E-state index in [0.717, 1.165) is 35.1 Å². The molecule has 142 valence electrons. The molecule has 7 nitrogen and oxygen atoms in total. The normalized spacial score (nSPS) is 15.3. The highest BCUT2D eigenvalue weighted by Crippen LogP contribution is 2.37. The highest BCUT2D eigenvalue weighted by molar-refractivity contribution is 5.87. The SMILES string of the molecule is COc1ccc2c(C)c(-c3nc(CC(N)=O)nn3C3CCCCC3)oc2c1. The molecule has 1 fully saturated rings. The fraction of sp³-hybridized carbons (Fsp3) is 0.450. The van der Waals surface area contributed by atoms with E-state index in [1.54, 1.807) is 7.11 Å². The van der Waals surface area contributed by atoms with E-state index in [0.29, 0.717) is 17.4 Å². The van der Waals surface area contributed by atoms with Crippen molar-refractivity contribution in [1.29, 1.82) is 0 Å². The first-order chi connectivity index (χ1) is 13.1. The predicted molar refractivity (Wildman–Crippen MR) is 102 cm³/mol. The van der Waals surface area contributed by atoms with Gasteiger partial charge in [-0.15, -0.1) is 0 Å². The third kappa shape index (κ3) is 3.29. The monoisotopic (exact) mass is 368 g/mol. The van der Waals surface area contributed by atoms with E-state index in [-0.39, 0.29) is 12.5 Å². The molecule has 3 aromatic rings. The zero-order valence-corrected chi connectivity index (χ0v) is 15.7. The first kappa shape index (κ1) is 17.6. The molecule has 0 aliphatic heterocycles. The molecule has 2 N–H and O–H groups in total. The molecular formula is C20H24N4O3. The number of fused-ring (bicyclic) bond motifs is 1. The molecule has 1 saturated carbocycles. The fourth-order valence-corrected chi connectivity index (χ4v) is 3.88. The fourth-order valence-electron chi connectivity index (χ4n) is 3.88. The number of hydrogen-bond donors (Lipinski definition) is 1. The van der Waals surface area contributed by atoms with Gasteiger partial charge in [-0.2, -0.15) is 5.10 Å². The van der Waals surface area contributed by atoms with Gasteiger partial charge >= 0.3 is 0 Å². The second-order valence-electron chi connectivity index (χ2n) is 7.15. The molecule has 27 heavy (non-hydrogen) atoms. The van der Waals surface area contributed by atoms with E-state index in [2.05, 4.69) is 10.1 Å². The van der Waals surface area contributed by atoms with Gasteiger partial charge in [0.1, 0.15) is 11.3 Å². The molecule has 2 heterocycles. The molecule has 7 heteroatoms. The number of benzene rings is 1. The van der Waals surface area contributed by atoms with Crippen LogP contribution in [0.4, 0.5) is 0 Å². The summed E-state index contributed by atoms with van der Waals surface area (Å²) in [6.45, 7) is 2.02. The van der Waals surface area contributed by atoms with Gasteiger partial charge in [0.05, 0.1) is 19.6 Å². The lowest BCUT2D eigenvalue weighted by Gasteiger charge is -2.22. The molecule has 0 saturated heterocycles. The Labute approximate surface area is 157 Å². The van der Waals surface area contributed by atoms with E-state index in [4.69, 9.17) is 14.9 Å². The van der Waals surface area contributed by atoms with Crippen LogP contribution in [0.1, 0.15) is 49.5 Å². The van der Waals surface area contributed by atoms with Gasteiger partial charge in [-0.3, -0.25) is 4.79 Å². The van der Waals surface area contributed by atoms with Gasteiger partial charge in [0.25, 0.3) is 0 Å². The van der Waals surface area contributed by atoms with Crippen molar-refractivity contribution >= 4 is 16.9 Å². The number of furan rings is 1. The maximum atomic E-state index is 11.4. The van der Waals surface area contributed by atoms with Crippen LogP contribution in [0, 0.1) is 6.92 Å². The van der Waals surface area contributed by atoms with E-state index >= 15 is 0 Å². The standard InChI is InChI=1S/C20H24N4O3/c1-12-15-9-8-14(26-2)10-16(15)27-19(12)20-22-18(11-17(21)25)23-24(20)13-6-4-3-5-7-13/h8-10,13H,3-7,11H2,1-2H3,(H2,21,25). The summed E-state index contributed by atoms with van der Waals surface area (Å²) < 4.78 is 13.4. The molecule has 0 radical (unpaired) electrons. The van der Waals surface area contributed by atoms with Gasteiger partial charge in [0.15, 0.2) is 17.4 Å². The summed E-state index contributed by atoms with van der Waals surface area (Å²) in [5.74, 6) is 2.11. The van der Waals surface area contributed by atoms with Crippen molar-refractivity contribution in [2.75, 3.05) is 7.11 Å². The van der Waals surface area contributed by atoms with Crippen LogP contribution in [0.15, 0.2) is 22.6 Å². The number of aryl methyl sites for hydroxylation is 1. The average Bonchev–Trinajstić information content (AvgIpc) is 3.22. The van der Waals surface area contributed by atoms with Crippen LogP contribution in [-0.4, -0.2) is 27.8 Å². The Morgan fingerprint density at radius 1 is 1.33 bits per heavy atom. The summed E-state index contributed by atoms with van der Waals surface area (Å²) >= 11 is 0. The van der Waals surface area contributed by atoms with Crippen molar-refractivity contribution in [3.63, 3.8) is 0 Å². The van der Waals surface area contributed by atoms with Crippen LogP contribution in [0.3, 0.4) is 0 Å². The first-order valence-electron chi connectivity index (χ1n) is 9.38. The molecule has 0 bridgehead atoms. The predicted octanol–water partition coefficient (Wildman–Crippen LogP) is 3.54. The second kappa shape index (κ2) is 7.06. The van der Waals surface area contributed by atoms with Crippen molar-refractivity contribution in [3.8, 4) is 17.3 Å². The summed E-state index contributed by atoms with van der Waals surface area (Å²) in [6, 6.07) is 6.04. The molecule has 1 aliphatic rings. The van der Waals surface area contributed by atoms with Gasteiger partial charge in [0.2, 0.25) is 5.91 Å². The minimum absolute atomic E-state index is 0.0276. The van der Waals surface area contributed by atoms with E-state index in [1.165, 1.54) is 19.3 Å². The van der Waals surface area contributed by atoms with Crippen molar-refractivity contribution in [2.45, 2.75) is 51.5 Å². The van der Waals surface area contributed by atoms with Crippen LogP contribution in [0.2, 0.25) is 0 Å². The number of carbonyl (C=O) groups is 1. The zero-order valence-electron chi connectivity index (χ0n) is 15.7. The van der Waals surface area contributed by atoms with Gasteiger partial charge in [-0.05, 0) is 31.9 Å². The zero-order chi connectivity index (χ0) is 19.0. The molecule has 1 amide bonds. The van der Waals surface area contributed by atoms with Crippen LogP contribution >= 0.6 is 0 Å². The van der Waals surface area contributed by atoms with Crippen molar-refractivity contribution in [3.05, 3.63) is 29.6 Å². The quantitative estimate of drug-likeness (QED) is 0.743. The number of primary amides is 1. The van der Waals surface area contributed by atoms with E-state index in [9.17, 15) is 4.79 Å². The van der Waals surface area contributed by atoms with Crippen LogP contribution in [0.25, 0.3) is 22.6 Å². The Morgan fingerprint density at radius 3 is 2.81 bits per heavy atom. The Hall–Kier alpha value is -2.83. The lowest BCUT2D eigenvalue weighted by atomic mass is 9.95. The average molecular weight is 368 g/mol. The van der Waals surface area contributed by atoms with Crippen LogP contribution in [0.5, 0.6) is 5.75 Å². The largest absolute Gasteiger partial charge is 0.497 e. The molecule has 0 unspecified atom stereocenters. The Morgan fingerprint density at radius 2 is 2.11 bits per heavy atom. The summed E-state index contributed by atoms with van der Waals surface area (Å²) in [5.41, 5.74) is 7.11. The number of methoxy groups -OCH3 is 1. The van der Waals surface area contributed by atoms with Crippen LogP contribution in [-0.2, 0) is 11.2 Å². The second-order valence-corrected chi connectivity index (χ2v) is 7.15. The lowest BCUT2D eigenvalue weighted by molar-refractivity contribution is -0.117. The first-order valence-corrected chi connectivity index (χ1v) is 9.38. The smallest absolute Gasteiger partial charge is 0.225 e. The highest BCUT2D eigenvalue weighted by Gasteiger charge is 2.26. The lowest BCUT2D eigenvalue weighted by Crippen LogP contribution is -2.17. The van der Waals surface area contributed by atoms with E-state index < -0.39 is 5.91 Å². The number of hydrogen-bond acceptors (Lipinski definition) is 5.